The number of hydrogen-bond acceptors (Lipinski definition) is 5. The summed E-state index contributed by atoms with van der Waals surface area (Å²) in [6, 6.07) is 5.05. The van der Waals surface area contributed by atoms with Crippen molar-refractivity contribution in [3.05, 3.63) is 34.4 Å². The number of rotatable bonds is 3. The van der Waals surface area contributed by atoms with Crippen molar-refractivity contribution in [1.82, 2.24) is 9.62 Å². The first-order valence-corrected chi connectivity index (χ1v) is 8.34. The van der Waals surface area contributed by atoms with Crippen molar-refractivity contribution in [3.63, 3.8) is 0 Å². The number of fused-ring (bicyclic) bond motifs is 1. The zero-order valence-corrected chi connectivity index (χ0v) is 12.4. The Morgan fingerprint density at radius 2 is 1.95 bits per heavy atom. The quantitative estimate of drug-likeness (QED) is 0.663. The van der Waals surface area contributed by atoms with Crippen molar-refractivity contribution in [2.45, 2.75) is 30.3 Å². The highest BCUT2D eigenvalue weighted by Gasteiger charge is 2.47. The predicted molar refractivity (Wildman–Crippen MR) is 76.3 cm³/mol. The lowest BCUT2D eigenvalue weighted by molar-refractivity contribution is -0.384. The van der Waals surface area contributed by atoms with Crippen LogP contribution in [0.5, 0.6) is 0 Å². The molecule has 2 aliphatic heterocycles. The fourth-order valence-electron chi connectivity index (χ4n) is 3.40. The first kappa shape index (κ1) is 14.4. The molecule has 0 aromatic heterocycles. The molecule has 1 N–H and O–H groups in total. The molecular formula is C13H17N3O4S. The fourth-order valence-corrected chi connectivity index (χ4v) is 5.29. The lowest BCUT2D eigenvalue weighted by atomic mass is 10.0. The monoisotopic (exact) mass is 311 g/mol. The topological polar surface area (TPSA) is 92.6 Å². The van der Waals surface area contributed by atoms with Crippen molar-refractivity contribution < 1.29 is 13.3 Å². The standard InChI is InChI=1S/C13H17N3O4S/c1-9-6-10-7-14-8-13(10)15(9)21(19,20)12-4-2-11(3-5-12)16(17)18/h2-5,9-10,13-14H,6-8H2,1H3. The van der Waals surface area contributed by atoms with Crippen LogP contribution in [0.15, 0.2) is 29.2 Å². The zero-order chi connectivity index (χ0) is 15.2. The number of nitrogens with one attached hydrogen (secondary N) is 1. The van der Waals surface area contributed by atoms with Crippen LogP contribution in [0.3, 0.4) is 0 Å². The van der Waals surface area contributed by atoms with Crippen LogP contribution >= 0.6 is 0 Å². The van der Waals surface area contributed by atoms with E-state index in [0.29, 0.717) is 12.5 Å². The van der Waals surface area contributed by atoms with E-state index < -0.39 is 14.9 Å². The predicted octanol–water partition coefficient (Wildman–Crippen LogP) is 0.966. The number of benzene rings is 1. The van der Waals surface area contributed by atoms with E-state index in [1.165, 1.54) is 24.3 Å². The SMILES string of the molecule is CC1CC2CNCC2N1S(=O)(=O)c1ccc([N+](=O)[O-])cc1. The molecule has 2 aliphatic rings. The molecule has 8 heteroatoms. The normalized spacial score (nSPS) is 29.5. The van der Waals surface area contributed by atoms with E-state index in [-0.39, 0.29) is 22.7 Å². The number of sulfonamides is 1. The van der Waals surface area contributed by atoms with Gasteiger partial charge >= 0.3 is 0 Å². The van der Waals surface area contributed by atoms with Gasteiger partial charge in [0, 0.05) is 30.8 Å². The lowest BCUT2D eigenvalue weighted by Gasteiger charge is -2.26. The number of non-ortho nitro benzene ring substituents is 1. The smallest absolute Gasteiger partial charge is 0.269 e. The number of hydrogen-bond donors (Lipinski definition) is 1. The van der Waals surface area contributed by atoms with Gasteiger partial charge in [0.15, 0.2) is 0 Å². The molecule has 2 saturated heterocycles. The Balaban J connectivity index is 1.94. The highest BCUT2D eigenvalue weighted by molar-refractivity contribution is 7.89. The van der Waals surface area contributed by atoms with Gasteiger partial charge in [0.05, 0.1) is 9.82 Å². The Hall–Kier alpha value is -1.51. The van der Waals surface area contributed by atoms with Crippen LogP contribution in [-0.2, 0) is 10.0 Å². The molecule has 0 bridgehead atoms. The molecule has 0 spiro atoms. The maximum Gasteiger partial charge on any atom is 0.269 e. The fraction of sp³-hybridized carbons (Fsp3) is 0.538. The van der Waals surface area contributed by atoms with Gasteiger partial charge in [-0.2, -0.15) is 4.31 Å². The largest absolute Gasteiger partial charge is 0.315 e. The van der Waals surface area contributed by atoms with E-state index in [1.54, 1.807) is 4.31 Å². The summed E-state index contributed by atoms with van der Waals surface area (Å²) in [6.45, 7) is 3.43. The first-order valence-electron chi connectivity index (χ1n) is 6.90. The van der Waals surface area contributed by atoms with Gasteiger partial charge in [0.1, 0.15) is 0 Å². The summed E-state index contributed by atoms with van der Waals surface area (Å²) in [7, 11) is -3.61. The van der Waals surface area contributed by atoms with Crippen LogP contribution in [0.4, 0.5) is 5.69 Å². The van der Waals surface area contributed by atoms with Gasteiger partial charge < -0.3 is 5.32 Å². The third-order valence-corrected chi connectivity index (χ3v) is 6.39. The van der Waals surface area contributed by atoms with Gasteiger partial charge in [-0.15, -0.1) is 0 Å². The summed E-state index contributed by atoms with van der Waals surface area (Å²) in [4.78, 5) is 10.2. The van der Waals surface area contributed by atoms with Crippen LogP contribution in [0, 0.1) is 16.0 Å². The van der Waals surface area contributed by atoms with Crippen LogP contribution < -0.4 is 5.32 Å². The number of nitro benzene ring substituents is 1. The summed E-state index contributed by atoms with van der Waals surface area (Å²) >= 11 is 0. The number of nitrogens with zero attached hydrogens (tertiary/aromatic N) is 2. The Bertz CT molecular complexity index is 658. The molecular weight excluding hydrogens is 294 g/mol. The van der Waals surface area contributed by atoms with E-state index in [1.807, 2.05) is 6.92 Å². The van der Waals surface area contributed by atoms with Crippen LogP contribution in [0.1, 0.15) is 13.3 Å². The van der Waals surface area contributed by atoms with Gasteiger partial charge in [-0.05, 0) is 37.9 Å². The average molecular weight is 311 g/mol. The van der Waals surface area contributed by atoms with Gasteiger partial charge in [-0.25, -0.2) is 8.42 Å². The molecule has 7 nitrogen and oxygen atoms in total. The minimum Gasteiger partial charge on any atom is -0.315 e. The second-order valence-corrected chi connectivity index (χ2v) is 7.50. The minimum atomic E-state index is -3.61. The van der Waals surface area contributed by atoms with Crippen molar-refractivity contribution in [2.24, 2.45) is 5.92 Å². The van der Waals surface area contributed by atoms with E-state index in [0.717, 1.165) is 13.0 Å². The molecule has 0 radical (unpaired) electrons. The number of nitro groups is 1. The summed E-state index contributed by atoms with van der Waals surface area (Å²) in [6.07, 6.45) is 0.851. The van der Waals surface area contributed by atoms with Crippen LogP contribution in [0.2, 0.25) is 0 Å². The van der Waals surface area contributed by atoms with Crippen LogP contribution in [-0.4, -0.2) is 42.8 Å². The third-order valence-electron chi connectivity index (χ3n) is 4.33. The molecule has 114 valence electrons. The zero-order valence-electron chi connectivity index (χ0n) is 11.6. The molecule has 21 heavy (non-hydrogen) atoms. The molecule has 0 amide bonds. The Morgan fingerprint density at radius 3 is 2.57 bits per heavy atom. The molecule has 0 saturated carbocycles. The summed E-state index contributed by atoms with van der Waals surface area (Å²) in [5.74, 6) is 0.354. The Kier molecular flexibility index (Phi) is 3.46. The van der Waals surface area contributed by atoms with Gasteiger partial charge in [0.25, 0.3) is 5.69 Å². The lowest BCUT2D eigenvalue weighted by Crippen LogP contribution is -2.42. The molecule has 1 aromatic carbocycles. The van der Waals surface area contributed by atoms with Gasteiger partial charge in [-0.3, -0.25) is 10.1 Å². The third kappa shape index (κ3) is 2.33. The molecule has 2 fully saturated rings. The van der Waals surface area contributed by atoms with Gasteiger partial charge in [0.2, 0.25) is 10.0 Å². The van der Waals surface area contributed by atoms with E-state index in [4.69, 9.17) is 0 Å². The minimum absolute atomic E-state index is 0.0137. The average Bonchev–Trinajstić information content (AvgIpc) is 2.98. The molecule has 3 atom stereocenters. The van der Waals surface area contributed by atoms with E-state index in [2.05, 4.69) is 5.32 Å². The Labute approximate surface area is 123 Å². The van der Waals surface area contributed by atoms with E-state index >= 15 is 0 Å². The van der Waals surface area contributed by atoms with Crippen molar-refractivity contribution in [3.8, 4) is 0 Å². The van der Waals surface area contributed by atoms with Crippen LogP contribution in [0.25, 0.3) is 0 Å². The van der Waals surface area contributed by atoms with Gasteiger partial charge in [-0.1, -0.05) is 0 Å². The van der Waals surface area contributed by atoms with Crippen molar-refractivity contribution in [2.75, 3.05) is 13.1 Å². The highest BCUT2D eigenvalue weighted by Crippen LogP contribution is 2.36. The second-order valence-electron chi connectivity index (χ2n) is 5.66. The molecule has 3 unspecified atom stereocenters. The second kappa shape index (κ2) is 5.04. The molecule has 0 aliphatic carbocycles. The Morgan fingerprint density at radius 1 is 1.29 bits per heavy atom. The summed E-state index contributed by atoms with van der Waals surface area (Å²) < 4.78 is 27.2. The maximum absolute atomic E-state index is 12.8. The summed E-state index contributed by atoms with van der Waals surface area (Å²) in [5.41, 5.74) is -0.108. The molecule has 2 heterocycles. The summed E-state index contributed by atoms with van der Waals surface area (Å²) in [5, 5.41) is 13.9. The van der Waals surface area contributed by atoms with Crippen molar-refractivity contribution in [1.29, 1.82) is 0 Å². The highest BCUT2D eigenvalue weighted by atomic mass is 32.2. The van der Waals surface area contributed by atoms with Crippen molar-refractivity contribution >= 4 is 15.7 Å². The first-order chi connectivity index (χ1) is 9.91. The maximum atomic E-state index is 12.8. The molecule has 3 rings (SSSR count). The van der Waals surface area contributed by atoms with E-state index in [9.17, 15) is 18.5 Å². The molecule has 1 aromatic rings.